The van der Waals surface area contributed by atoms with Gasteiger partial charge in [0.1, 0.15) is 0 Å². The molecule has 3 unspecified atom stereocenters. The van der Waals surface area contributed by atoms with Crippen LogP contribution in [0, 0.1) is 11.8 Å². The van der Waals surface area contributed by atoms with Gasteiger partial charge in [-0.2, -0.15) is 0 Å². The van der Waals surface area contributed by atoms with Crippen molar-refractivity contribution in [3.63, 3.8) is 0 Å². The standard InChI is InChI=1S/C13H26N4/c1-9-7-11(9)16-13(14-2)15-8-12(17(3)4)10-5-6-10/h9-12H,5-8H2,1-4H3,(H2,14,15,16). The maximum absolute atomic E-state index is 4.29. The van der Waals surface area contributed by atoms with Crippen LogP contribution in [0.25, 0.3) is 0 Å². The van der Waals surface area contributed by atoms with Crippen LogP contribution in [0.3, 0.4) is 0 Å². The Labute approximate surface area is 105 Å². The van der Waals surface area contributed by atoms with E-state index >= 15 is 0 Å². The van der Waals surface area contributed by atoms with Crippen molar-refractivity contribution in [1.29, 1.82) is 0 Å². The molecule has 0 radical (unpaired) electrons. The number of aliphatic imine (C=N–C) groups is 1. The van der Waals surface area contributed by atoms with E-state index in [0.29, 0.717) is 12.1 Å². The molecule has 0 amide bonds. The van der Waals surface area contributed by atoms with Crippen LogP contribution in [0.1, 0.15) is 26.2 Å². The SMILES string of the molecule is CN=C(NCC(C1CC1)N(C)C)NC1CC1C. The van der Waals surface area contributed by atoms with Crippen LogP contribution < -0.4 is 10.6 Å². The first kappa shape index (κ1) is 12.7. The summed E-state index contributed by atoms with van der Waals surface area (Å²) in [5.41, 5.74) is 0. The Bertz CT molecular complexity index is 281. The molecule has 0 aromatic rings. The van der Waals surface area contributed by atoms with Gasteiger partial charge in [0, 0.05) is 25.7 Å². The number of hydrogen-bond donors (Lipinski definition) is 2. The van der Waals surface area contributed by atoms with Crippen LogP contribution in [-0.2, 0) is 0 Å². The molecule has 0 aromatic heterocycles. The Morgan fingerprint density at radius 1 is 1.41 bits per heavy atom. The minimum Gasteiger partial charge on any atom is -0.355 e. The van der Waals surface area contributed by atoms with Gasteiger partial charge in [-0.25, -0.2) is 0 Å². The van der Waals surface area contributed by atoms with E-state index in [1.807, 2.05) is 7.05 Å². The number of guanidine groups is 1. The van der Waals surface area contributed by atoms with E-state index in [0.717, 1.165) is 24.3 Å². The Morgan fingerprint density at radius 2 is 2.06 bits per heavy atom. The fraction of sp³-hybridized carbons (Fsp3) is 0.923. The number of hydrogen-bond acceptors (Lipinski definition) is 2. The summed E-state index contributed by atoms with van der Waals surface area (Å²) in [5.74, 6) is 2.66. The molecule has 3 atom stereocenters. The smallest absolute Gasteiger partial charge is 0.191 e. The molecule has 4 heteroatoms. The quantitative estimate of drug-likeness (QED) is 0.552. The maximum Gasteiger partial charge on any atom is 0.191 e. The molecule has 0 aliphatic heterocycles. The van der Waals surface area contributed by atoms with Gasteiger partial charge in [0.2, 0.25) is 0 Å². The lowest BCUT2D eigenvalue weighted by Crippen LogP contribution is -2.46. The number of nitrogens with zero attached hydrogens (tertiary/aromatic N) is 2. The summed E-state index contributed by atoms with van der Waals surface area (Å²) in [5, 5.41) is 6.93. The van der Waals surface area contributed by atoms with E-state index in [2.05, 4.69) is 41.5 Å². The Kier molecular flexibility index (Phi) is 3.92. The molecule has 2 aliphatic rings. The van der Waals surface area contributed by atoms with Crippen molar-refractivity contribution in [2.75, 3.05) is 27.7 Å². The van der Waals surface area contributed by atoms with Crippen molar-refractivity contribution in [1.82, 2.24) is 15.5 Å². The molecular weight excluding hydrogens is 212 g/mol. The van der Waals surface area contributed by atoms with Crippen LogP contribution in [0.2, 0.25) is 0 Å². The molecule has 4 nitrogen and oxygen atoms in total. The lowest BCUT2D eigenvalue weighted by atomic mass is 10.1. The van der Waals surface area contributed by atoms with Gasteiger partial charge in [-0.05, 0) is 45.2 Å². The summed E-state index contributed by atoms with van der Waals surface area (Å²) < 4.78 is 0. The van der Waals surface area contributed by atoms with Crippen molar-refractivity contribution >= 4 is 5.96 Å². The zero-order chi connectivity index (χ0) is 12.4. The van der Waals surface area contributed by atoms with Gasteiger partial charge in [-0.1, -0.05) is 6.92 Å². The van der Waals surface area contributed by atoms with Crippen molar-refractivity contribution < 1.29 is 0 Å². The van der Waals surface area contributed by atoms with Gasteiger partial charge in [0.15, 0.2) is 5.96 Å². The van der Waals surface area contributed by atoms with Crippen LogP contribution in [0.15, 0.2) is 4.99 Å². The second kappa shape index (κ2) is 5.25. The van der Waals surface area contributed by atoms with Crippen LogP contribution in [0.5, 0.6) is 0 Å². The summed E-state index contributed by atoms with van der Waals surface area (Å²) in [6.45, 7) is 3.27. The number of nitrogens with one attached hydrogen (secondary N) is 2. The molecule has 2 saturated carbocycles. The van der Waals surface area contributed by atoms with Gasteiger partial charge in [0.05, 0.1) is 0 Å². The Morgan fingerprint density at radius 3 is 2.47 bits per heavy atom. The van der Waals surface area contributed by atoms with Gasteiger partial charge >= 0.3 is 0 Å². The monoisotopic (exact) mass is 238 g/mol. The lowest BCUT2D eigenvalue weighted by Gasteiger charge is -2.25. The summed E-state index contributed by atoms with van der Waals surface area (Å²) in [7, 11) is 6.19. The van der Waals surface area contributed by atoms with Crippen molar-refractivity contribution in [2.24, 2.45) is 16.8 Å². The molecule has 17 heavy (non-hydrogen) atoms. The third-order valence-electron chi connectivity index (χ3n) is 3.96. The predicted octanol–water partition coefficient (Wildman–Crippen LogP) is 0.900. The fourth-order valence-electron chi connectivity index (χ4n) is 2.35. The highest BCUT2D eigenvalue weighted by atomic mass is 15.2. The van der Waals surface area contributed by atoms with E-state index in [4.69, 9.17) is 0 Å². The maximum atomic E-state index is 4.29. The average Bonchev–Trinajstić information content (AvgIpc) is 3.16. The van der Waals surface area contributed by atoms with Gasteiger partial charge in [0.25, 0.3) is 0 Å². The molecule has 2 N–H and O–H groups in total. The fourth-order valence-corrected chi connectivity index (χ4v) is 2.35. The van der Waals surface area contributed by atoms with Gasteiger partial charge in [-0.15, -0.1) is 0 Å². The van der Waals surface area contributed by atoms with Gasteiger partial charge < -0.3 is 15.5 Å². The van der Waals surface area contributed by atoms with Gasteiger partial charge in [-0.3, -0.25) is 4.99 Å². The molecular formula is C13H26N4. The van der Waals surface area contributed by atoms with Crippen LogP contribution in [-0.4, -0.2) is 50.6 Å². The zero-order valence-electron chi connectivity index (χ0n) is 11.5. The van der Waals surface area contributed by atoms with Crippen molar-refractivity contribution in [2.45, 2.75) is 38.3 Å². The molecule has 2 fully saturated rings. The average molecular weight is 238 g/mol. The summed E-state index contributed by atoms with van der Waals surface area (Å²) in [6, 6.07) is 1.28. The summed E-state index contributed by atoms with van der Waals surface area (Å²) in [6.07, 6.45) is 4.05. The summed E-state index contributed by atoms with van der Waals surface area (Å²) in [4.78, 5) is 6.62. The first-order chi connectivity index (χ1) is 8.11. The highest BCUT2D eigenvalue weighted by molar-refractivity contribution is 5.80. The summed E-state index contributed by atoms with van der Waals surface area (Å²) >= 11 is 0. The molecule has 2 aliphatic carbocycles. The predicted molar refractivity (Wildman–Crippen MR) is 72.3 cm³/mol. The normalized spacial score (nSPS) is 30.3. The molecule has 98 valence electrons. The largest absolute Gasteiger partial charge is 0.355 e. The first-order valence-corrected chi connectivity index (χ1v) is 6.75. The van der Waals surface area contributed by atoms with Crippen LogP contribution in [0.4, 0.5) is 0 Å². The lowest BCUT2D eigenvalue weighted by molar-refractivity contribution is 0.264. The van der Waals surface area contributed by atoms with E-state index < -0.39 is 0 Å². The van der Waals surface area contributed by atoms with E-state index in [9.17, 15) is 0 Å². The van der Waals surface area contributed by atoms with Crippen molar-refractivity contribution in [3.05, 3.63) is 0 Å². The second-order valence-electron chi connectivity index (χ2n) is 5.79. The van der Waals surface area contributed by atoms with Crippen molar-refractivity contribution in [3.8, 4) is 0 Å². The highest BCUT2D eigenvalue weighted by Gasteiger charge is 2.34. The second-order valence-corrected chi connectivity index (χ2v) is 5.79. The first-order valence-electron chi connectivity index (χ1n) is 6.75. The number of likely N-dealkylation sites (N-methyl/N-ethyl adjacent to an activating group) is 1. The molecule has 2 rings (SSSR count). The van der Waals surface area contributed by atoms with E-state index in [-0.39, 0.29) is 0 Å². The zero-order valence-corrected chi connectivity index (χ0v) is 11.5. The third kappa shape index (κ3) is 3.60. The molecule has 0 saturated heterocycles. The molecule has 0 spiro atoms. The third-order valence-corrected chi connectivity index (χ3v) is 3.96. The van der Waals surface area contributed by atoms with E-state index in [1.165, 1.54) is 19.3 Å². The molecule has 0 aromatic carbocycles. The molecule has 0 bridgehead atoms. The molecule has 0 heterocycles. The minimum atomic E-state index is 0.639. The van der Waals surface area contributed by atoms with E-state index in [1.54, 1.807) is 0 Å². The van der Waals surface area contributed by atoms with Crippen LogP contribution >= 0.6 is 0 Å². The number of rotatable bonds is 5. The Balaban J connectivity index is 1.74. The highest BCUT2D eigenvalue weighted by Crippen LogP contribution is 2.34. The minimum absolute atomic E-state index is 0.639. The topological polar surface area (TPSA) is 39.7 Å². The Hall–Kier alpha value is -0.770.